The molecule has 0 radical (unpaired) electrons. The van der Waals surface area contributed by atoms with E-state index in [2.05, 4.69) is 38.4 Å². The summed E-state index contributed by atoms with van der Waals surface area (Å²) >= 11 is 3.49. The molecule has 0 unspecified atom stereocenters. The van der Waals surface area contributed by atoms with Crippen molar-refractivity contribution in [3.8, 4) is 11.6 Å². The minimum Gasteiger partial charge on any atom is -0.496 e. The van der Waals surface area contributed by atoms with Crippen LogP contribution in [0, 0.1) is 0 Å². The van der Waals surface area contributed by atoms with Crippen LogP contribution >= 0.6 is 15.9 Å². The summed E-state index contributed by atoms with van der Waals surface area (Å²) in [6, 6.07) is 11.7. The van der Waals surface area contributed by atoms with Gasteiger partial charge in [-0.15, -0.1) is 0 Å². The number of halogens is 1. The lowest BCUT2D eigenvalue weighted by Crippen LogP contribution is -2.17. The van der Waals surface area contributed by atoms with Gasteiger partial charge in [-0.1, -0.05) is 12.1 Å². The Hall–Kier alpha value is -1.59. The SMILES string of the molecule is COc1ccc(CNCCCOc2ccccn2)cc1Br. The molecule has 0 aliphatic heterocycles. The van der Waals surface area contributed by atoms with Crippen LogP contribution in [0.5, 0.6) is 11.6 Å². The lowest BCUT2D eigenvalue weighted by Gasteiger charge is -2.08. The van der Waals surface area contributed by atoms with Gasteiger partial charge >= 0.3 is 0 Å². The molecule has 4 nitrogen and oxygen atoms in total. The minimum atomic E-state index is 0.663. The van der Waals surface area contributed by atoms with Crippen LogP contribution < -0.4 is 14.8 Å². The Labute approximate surface area is 133 Å². The molecule has 0 amide bonds. The molecule has 5 heteroatoms. The second-order valence-electron chi connectivity index (χ2n) is 4.52. The van der Waals surface area contributed by atoms with Crippen LogP contribution in [0.3, 0.4) is 0 Å². The van der Waals surface area contributed by atoms with Gasteiger partial charge in [0.2, 0.25) is 5.88 Å². The Morgan fingerprint density at radius 2 is 2.14 bits per heavy atom. The standard InChI is InChI=1S/C16H19BrN2O2/c1-20-15-7-6-13(11-14(15)17)12-18-8-4-10-21-16-5-2-3-9-19-16/h2-3,5-7,9,11,18H,4,8,10,12H2,1H3. The third kappa shape index (κ3) is 5.36. The Kier molecular flexibility index (Phi) is 6.50. The number of hydrogen-bond donors (Lipinski definition) is 1. The molecule has 112 valence electrons. The Morgan fingerprint density at radius 3 is 2.86 bits per heavy atom. The van der Waals surface area contributed by atoms with E-state index in [1.165, 1.54) is 5.56 Å². The van der Waals surface area contributed by atoms with Crippen molar-refractivity contribution in [2.75, 3.05) is 20.3 Å². The van der Waals surface area contributed by atoms with Crippen LogP contribution in [-0.4, -0.2) is 25.2 Å². The number of nitrogens with one attached hydrogen (secondary N) is 1. The van der Waals surface area contributed by atoms with Crippen molar-refractivity contribution in [1.82, 2.24) is 10.3 Å². The number of methoxy groups -OCH3 is 1. The van der Waals surface area contributed by atoms with Gasteiger partial charge in [0, 0.05) is 18.8 Å². The lowest BCUT2D eigenvalue weighted by molar-refractivity contribution is 0.296. The topological polar surface area (TPSA) is 43.4 Å². The van der Waals surface area contributed by atoms with E-state index in [9.17, 15) is 0 Å². The monoisotopic (exact) mass is 350 g/mol. The highest BCUT2D eigenvalue weighted by Crippen LogP contribution is 2.25. The molecule has 0 atom stereocenters. The highest BCUT2D eigenvalue weighted by molar-refractivity contribution is 9.10. The fourth-order valence-electron chi connectivity index (χ4n) is 1.86. The van der Waals surface area contributed by atoms with Gasteiger partial charge < -0.3 is 14.8 Å². The van der Waals surface area contributed by atoms with Crippen LogP contribution in [-0.2, 0) is 6.54 Å². The minimum absolute atomic E-state index is 0.663. The molecule has 0 saturated carbocycles. The summed E-state index contributed by atoms with van der Waals surface area (Å²) in [7, 11) is 1.67. The molecule has 2 aromatic rings. The van der Waals surface area contributed by atoms with Gasteiger partial charge in [0.15, 0.2) is 0 Å². The largest absolute Gasteiger partial charge is 0.496 e. The highest BCUT2D eigenvalue weighted by atomic mass is 79.9. The number of benzene rings is 1. The zero-order valence-electron chi connectivity index (χ0n) is 12.0. The van der Waals surface area contributed by atoms with Crippen LogP contribution in [0.15, 0.2) is 47.1 Å². The van der Waals surface area contributed by atoms with E-state index in [1.807, 2.05) is 24.3 Å². The molecule has 0 aliphatic rings. The summed E-state index contributed by atoms with van der Waals surface area (Å²) < 4.78 is 11.7. The van der Waals surface area contributed by atoms with Crippen molar-refractivity contribution in [3.05, 3.63) is 52.6 Å². The van der Waals surface area contributed by atoms with E-state index < -0.39 is 0 Å². The number of aromatic nitrogens is 1. The van der Waals surface area contributed by atoms with E-state index in [0.29, 0.717) is 12.5 Å². The second-order valence-corrected chi connectivity index (χ2v) is 5.37. The van der Waals surface area contributed by atoms with Crippen LogP contribution in [0.25, 0.3) is 0 Å². The normalized spacial score (nSPS) is 10.4. The fraction of sp³-hybridized carbons (Fsp3) is 0.312. The van der Waals surface area contributed by atoms with Crippen LogP contribution in [0.1, 0.15) is 12.0 Å². The van der Waals surface area contributed by atoms with Gasteiger partial charge in [-0.05, 0) is 52.7 Å². The van der Waals surface area contributed by atoms with Gasteiger partial charge in [0.05, 0.1) is 18.2 Å². The molecule has 0 fully saturated rings. The quantitative estimate of drug-likeness (QED) is 0.741. The summed E-state index contributed by atoms with van der Waals surface area (Å²) in [6.45, 7) is 2.39. The summed E-state index contributed by atoms with van der Waals surface area (Å²) in [5, 5.41) is 3.39. The Morgan fingerprint density at radius 1 is 1.24 bits per heavy atom. The Bertz CT molecular complexity index is 549. The van der Waals surface area contributed by atoms with E-state index >= 15 is 0 Å². The number of rotatable bonds is 8. The van der Waals surface area contributed by atoms with Crippen LogP contribution in [0.2, 0.25) is 0 Å². The smallest absolute Gasteiger partial charge is 0.213 e. The lowest BCUT2D eigenvalue weighted by atomic mass is 10.2. The number of nitrogens with zero attached hydrogens (tertiary/aromatic N) is 1. The van der Waals surface area contributed by atoms with Crippen molar-refractivity contribution in [1.29, 1.82) is 0 Å². The van der Waals surface area contributed by atoms with Crippen molar-refractivity contribution >= 4 is 15.9 Å². The second kappa shape index (κ2) is 8.64. The van der Waals surface area contributed by atoms with Gasteiger partial charge in [-0.25, -0.2) is 4.98 Å². The molecule has 1 N–H and O–H groups in total. The first-order valence-corrected chi connectivity index (χ1v) is 7.66. The van der Waals surface area contributed by atoms with Crippen molar-refractivity contribution in [2.24, 2.45) is 0 Å². The average molecular weight is 351 g/mol. The van der Waals surface area contributed by atoms with Gasteiger partial charge in [0.1, 0.15) is 5.75 Å². The van der Waals surface area contributed by atoms with E-state index in [0.717, 1.165) is 29.7 Å². The number of ether oxygens (including phenoxy) is 2. The average Bonchev–Trinajstić information content (AvgIpc) is 2.52. The summed E-state index contributed by atoms with van der Waals surface area (Å²) in [5.41, 5.74) is 1.22. The third-order valence-corrected chi connectivity index (χ3v) is 3.55. The number of hydrogen-bond acceptors (Lipinski definition) is 4. The predicted molar refractivity (Wildman–Crippen MR) is 86.7 cm³/mol. The van der Waals surface area contributed by atoms with Crippen molar-refractivity contribution in [3.63, 3.8) is 0 Å². The van der Waals surface area contributed by atoms with E-state index in [1.54, 1.807) is 13.3 Å². The molecule has 1 heterocycles. The van der Waals surface area contributed by atoms with Gasteiger partial charge in [-0.2, -0.15) is 0 Å². The summed E-state index contributed by atoms with van der Waals surface area (Å²) in [6.07, 6.45) is 2.67. The maximum Gasteiger partial charge on any atom is 0.213 e. The van der Waals surface area contributed by atoms with E-state index in [4.69, 9.17) is 9.47 Å². The molecule has 21 heavy (non-hydrogen) atoms. The Balaban J connectivity index is 1.62. The summed E-state index contributed by atoms with van der Waals surface area (Å²) in [5.74, 6) is 1.53. The molecule has 2 rings (SSSR count). The van der Waals surface area contributed by atoms with Gasteiger partial charge in [-0.3, -0.25) is 0 Å². The molecule has 0 spiro atoms. The molecule has 0 bridgehead atoms. The number of pyridine rings is 1. The molecule has 0 aliphatic carbocycles. The van der Waals surface area contributed by atoms with Gasteiger partial charge in [0.25, 0.3) is 0 Å². The molecular formula is C16H19BrN2O2. The molecule has 1 aromatic carbocycles. The predicted octanol–water partition coefficient (Wildman–Crippen LogP) is 3.41. The van der Waals surface area contributed by atoms with Crippen molar-refractivity contribution in [2.45, 2.75) is 13.0 Å². The fourth-order valence-corrected chi connectivity index (χ4v) is 2.45. The first-order chi connectivity index (χ1) is 10.3. The third-order valence-electron chi connectivity index (χ3n) is 2.93. The maximum atomic E-state index is 5.53. The molecule has 1 aromatic heterocycles. The maximum absolute atomic E-state index is 5.53. The first-order valence-electron chi connectivity index (χ1n) is 6.86. The van der Waals surface area contributed by atoms with Crippen molar-refractivity contribution < 1.29 is 9.47 Å². The first kappa shape index (κ1) is 15.8. The zero-order valence-corrected chi connectivity index (χ0v) is 13.6. The summed E-state index contributed by atoms with van der Waals surface area (Å²) in [4.78, 5) is 4.11. The van der Waals surface area contributed by atoms with Crippen LogP contribution in [0.4, 0.5) is 0 Å². The highest BCUT2D eigenvalue weighted by Gasteiger charge is 2.01. The zero-order chi connectivity index (χ0) is 14.9. The van der Waals surface area contributed by atoms with E-state index in [-0.39, 0.29) is 0 Å². The molecule has 0 saturated heterocycles. The molecular weight excluding hydrogens is 332 g/mol.